The molecular formula is C24H28N6O2. The van der Waals surface area contributed by atoms with Crippen LogP contribution in [-0.4, -0.2) is 57.4 Å². The molecule has 2 aromatic heterocycles. The summed E-state index contributed by atoms with van der Waals surface area (Å²) in [5, 5.41) is 2.84. The van der Waals surface area contributed by atoms with Crippen LogP contribution in [0, 0.1) is 5.92 Å². The molecule has 32 heavy (non-hydrogen) atoms. The second-order valence-electron chi connectivity index (χ2n) is 8.33. The van der Waals surface area contributed by atoms with Crippen molar-refractivity contribution >= 4 is 23.2 Å². The molecule has 0 unspecified atom stereocenters. The van der Waals surface area contributed by atoms with Crippen molar-refractivity contribution in [1.82, 2.24) is 19.4 Å². The first kappa shape index (κ1) is 21.5. The fraction of sp³-hybridized carbons (Fsp3) is 0.333. The largest absolute Gasteiger partial charge is 0.368 e. The quantitative estimate of drug-likeness (QED) is 0.647. The Labute approximate surface area is 187 Å². The molecule has 3 heterocycles. The maximum absolute atomic E-state index is 12.9. The van der Waals surface area contributed by atoms with E-state index in [0.717, 1.165) is 13.1 Å². The standard InChI is InChI=1S/C24H28N6O2/c1-18(2)14-23(31)27-19-8-9-22(25-15-19)30-16-21(26-17-30)24(32)29-12-10-28(11-13-29)20-6-4-3-5-7-20/h3-9,15-18H,10-14H2,1-2H3,(H,27,31). The predicted octanol–water partition coefficient (Wildman–Crippen LogP) is 3.21. The fourth-order valence-electron chi connectivity index (χ4n) is 3.72. The smallest absolute Gasteiger partial charge is 0.274 e. The van der Waals surface area contributed by atoms with Crippen molar-refractivity contribution in [3.05, 3.63) is 66.9 Å². The van der Waals surface area contributed by atoms with Gasteiger partial charge in [0, 0.05) is 44.5 Å². The minimum Gasteiger partial charge on any atom is -0.368 e. The SMILES string of the molecule is CC(C)CC(=O)Nc1ccc(-n2cnc(C(=O)N3CCN(c4ccccc4)CC3)c2)nc1. The summed E-state index contributed by atoms with van der Waals surface area (Å²) in [4.78, 5) is 37.6. The molecule has 0 radical (unpaired) electrons. The lowest BCUT2D eigenvalue weighted by atomic mass is 10.1. The van der Waals surface area contributed by atoms with Gasteiger partial charge in [0.1, 0.15) is 17.8 Å². The molecule has 0 aliphatic carbocycles. The van der Waals surface area contributed by atoms with Crippen molar-refractivity contribution in [3.63, 3.8) is 0 Å². The van der Waals surface area contributed by atoms with Gasteiger partial charge in [-0.25, -0.2) is 9.97 Å². The van der Waals surface area contributed by atoms with E-state index >= 15 is 0 Å². The monoisotopic (exact) mass is 432 g/mol. The van der Waals surface area contributed by atoms with E-state index in [4.69, 9.17) is 0 Å². The number of hydrogen-bond acceptors (Lipinski definition) is 5. The van der Waals surface area contributed by atoms with Crippen LogP contribution in [0.15, 0.2) is 61.2 Å². The molecule has 0 atom stereocenters. The van der Waals surface area contributed by atoms with Crippen LogP contribution >= 0.6 is 0 Å². The van der Waals surface area contributed by atoms with Crippen molar-refractivity contribution in [2.75, 3.05) is 36.4 Å². The third-order valence-corrected chi connectivity index (χ3v) is 5.38. The Balaban J connectivity index is 1.35. The van der Waals surface area contributed by atoms with Crippen molar-refractivity contribution in [1.29, 1.82) is 0 Å². The summed E-state index contributed by atoms with van der Waals surface area (Å²) < 4.78 is 1.72. The number of aromatic nitrogens is 3. The minimum absolute atomic E-state index is 0.0302. The summed E-state index contributed by atoms with van der Waals surface area (Å²) in [5.74, 6) is 0.823. The van der Waals surface area contributed by atoms with E-state index in [1.54, 1.807) is 35.4 Å². The number of pyridine rings is 1. The van der Waals surface area contributed by atoms with Crippen LogP contribution < -0.4 is 10.2 Å². The second kappa shape index (κ2) is 9.64. The van der Waals surface area contributed by atoms with E-state index in [1.165, 1.54) is 5.69 Å². The Morgan fingerprint density at radius 2 is 1.75 bits per heavy atom. The van der Waals surface area contributed by atoms with Crippen LogP contribution in [0.5, 0.6) is 0 Å². The Hall–Kier alpha value is -3.68. The van der Waals surface area contributed by atoms with Crippen LogP contribution in [0.2, 0.25) is 0 Å². The van der Waals surface area contributed by atoms with E-state index in [-0.39, 0.29) is 11.8 Å². The maximum atomic E-state index is 12.9. The molecular weight excluding hydrogens is 404 g/mol. The number of nitrogens with one attached hydrogen (secondary N) is 1. The molecule has 1 saturated heterocycles. The van der Waals surface area contributed by atoms with Gasteiger partial charge in [-0.1, -0.05) is 32.0 Å². The molecule has 4 rings (SSSR count). The number of piperazine rings is 1. The Morgan fingerprint density at radius 3 is 2.41 bits per heavy atom. The number of nitrogens with zero attached hydrogens (tertiary/aromatic N) is 5. The number of imidazole rings is 1. The topological polar surface area (TPSA) is 83.4 Å². The van der Waals surface area contributed by atoms with E-state index in [1.807, 2.05) is 36.9 Å². The zero-order valence-electron chi connectivity index (χ0n) is 18.4. The van der Waals surface area contributed by atoms with Gasteiger partial charge < -0.3 is 15.1 Å². The molecule has 3 aromatic rings. The van der Waals surface area contributed by atoms with Gasteiger partial charge in [-0.2, -0.15) is 0 Å². The van der Waals surface area contributed by atoms with Crippen LogP contribution in [0.25, 0.3) is 5.82 Å². The van der Waals surface area contributed by atoms with Crippen molar-refractivity contribution in [3.8, 4) is 5.82 Å². The number of carbonyl (C=O) groups is 2. The first-order valence-corrected chi connectivity index (χ1v) is 10.9. The van der Waals surface area contributed by atoms with Crippen LogP contribution in [0.1, 0.15) is 30.8 Å². The molecule has 0 spiro atoms. The number of para-hydroxylation sites is 1. The molecule has 2 amide bonds. The summed E-state index contributed by atoms with van der Waals surface area (Å²) in [7, 11) is 0. The van der Waals surface area contributed by atoms with Crippen LogP contribution in [-0.2, 0) is 4.79 Å². The van der Waals surface area contributed by atoms with Crippen molar-refractivity contribution in [2.24, 2.45) is 5.92 Å². The molecule has 8 heteroatoms. The summed E-state index contributed by atoms with van der Waals surface area (Å²) in [6.07, 6.45) is 5.37. The average molecular weight is 433 g/mol. The zero-order valence-corrected chi connectivity index (χ0v) is 18.4. The first-order chi connectivity index (χ1) is 15.5. The van der Waals surface area contributed by atoms with E-state index in [0.29, 0.717) is 42.6 Å². The van der Waals surface area contributed by atoms with E-state index < -0.39 is 0 Å². The number of carbonyl (C=O) groups excluding carboxylic acids is 2. The second-order valence-corrected chi connectivity index (χ2v) is 8.33. The van der Waals surface area contributed by atoms with Gasteiger partial charge in [-0.05, 0) is 30.2 Å². The van der Waals surface area contributed by atoms with E-state index in [2.05, 4.69) is 32.3 Å². The minimum atomic E-state index is -0.0750. The highest BCUT2D eigenvalue weighted by molar-refractivity contribution is 5.92. The normalized spacial score (nSPS) is 14.0. The third kappa shape index (κ3) is 5.14. The molecule has 1 aromatic carbocycles. The molecule has 8 nitrogen and oxygen atoms in total. The highest BCUT2D eigenvalue weighted by Gasteiger charge is 2.24. The lowest BCUT2D eigenvalue weighted by Crippen LogP contribution is -2.48. The Morgan fingerprint density at radius 1 is 1.00 bits per heavy atom. The molecule has 1 N–H and O–H groups in total. The summed E-state index contributed by atoms with van der Waals surface area (Å²) in [5.41, 5.74) is 2.22. The summed E-state index contributed by atoms with van der Waals surface area (Å²) in [6.45, 7) is 6.90. The number of benzene rings is 1. The van der Waals surface area contributed by atoms with Crippen molar-refractivity contribution in [2.45, 2.75) is 20.3 Å². The first-order valence-electron chi connectivity index (χ1n) is 10.9. The third-order valence-electron chi connectivity index (χ3n) is 5.38. The van der Waals surface area contributed by atoms with Crippen LogP contribution in [0.3, 0.4) is 0 Å². The number of rotatable bonds is 6. The van der Waals surface area contributed by atoms with Crippen LogP contribution in [0.4, 0.5) is 11.4 Å². The molecule has 1 aliphatic heterocycles. The average Bonchev–Trinajstić information content (AvgIpc) is 3.29. The number of amides is 2. The molecule has 166 valence electrons. The zero-order chi connectivity index (χ0) is 22.5. The van der Waals surface area contributed by atoms with Gasteiger partial charge in [0.2, 0.25) is 5.91 Å². The lowest BCUT2D eigenvalue weighted by molar-refractivity contribution is -0.116. The Bertz CT molecular complexity index is 1050. The van der Waals surface area contributed by atoms with Gasteiger partial charge in [0.25, 0.3) is 5.91 Å². The fourth-order valence-corrected chi connectivity index (χ4v) is 3.72. The van der Waals surface area contributed by atoms with Gasteiger partial charge in [-0.3, -0.25) is 14.2 Å². The number of hydrogen-bond donors (Lipinski definition) is 1. The maximum Gasteiger partial charge on any atom is 0.274 e. The molecule has 1 fully saturated rings. The van der Waals surface area contributed by atoms with Gasteiger partial charge in [0.05, 0.1) is 11.9 Å². The van der Waals surface area contributed by atoms with E-state index in [9.17, 15) is 9.59 Å². The summed E-state index contributed by atoms with van der Waals surface area (Å²) >= 11 is 0. The van der Waals surface area contributed by atoms with Crippen molar-refractivity contribution < 1.29 is 9.59 Å². The summed E-state index contributed by atoms with van der Waals surface area (Å²) in [6, 6.07) is 13.8. The highest BCUT2D eigenvalue weighted by atomic mass is 16.2. The van der Waals surface area contributed by atoms with Gasteiger partial charge in [-0.15, -0.1) is 0 Å². The predicted molar refractivity (Wildman–Crippen MR) is 124 cm³/mol. The number of anilines is 2. The molecule has 0 saturated carbocycles. The highest BCUT2D eigenvalue weighted by Crippen LogP contribution is 2.17. The van der Waals surface area contributed by atoms with Gasteiger partial charge in [0.15, 0.2) is 0 Å². The molecule has 1 aliphatic rings. The lowest BCUT2D eigenvalue weighted by Gasteiger charge is -2.35. The Kier molecular flexibility index (Phi) is 6.49. The van der Waals surface area contributed by atoms with Gasteiger partial charge >= 0.3 is 0 Å². The molecule has 0 bridgehead atoms.